The lowest BCUT2D eigenvalue weighted by atomic mass is 10.1. The van der Waals surface area contributed by atoms with Crippen LogP contribution in [0.15, 0.2) is 29.3 Å². The van der Waals surface area contributed by atoms with E-state index in [-0.39, 0.29) is 12.6 Å². The standard InChI is InChI=1S/C17H29N3O3/c1-5-18-17(19-9-10-22-4)20-12-16(21)14-7-6-8-15(11-14)23-13(2)3/h6-8,11,13,16,21H,5,9-10,12H2,1-4H3,(H2,18,19,20). The van der Waals surface area contributed by atoms with Crippen LogP contribution in [0, 0.1) is 0 Å². The Morgan fingerprint density at radius 3 is 2.74 bits per heavy atom. The minimum Gasteiger partial charge on any atom is -0.491 e. The van der Waals surface area contributed by atoms with Gasteiger partial charge >= 0.3 is 0 Å². The van der Waals surface area contributed by atoms with E-state index in [0.717, 1.165) is 17.9 Å². The van der Waals surface area contributed by atoms with Gasteiger partial charge in [-0.2, -0.15) is 0 Å². The average molecular weight is 323 g/mol. The van der Waals surface area contributed by atoms with Gasteiger partial charge in [-0.1, -0.05) is 12.1 Å². The van der Waals surface area contributed by atoms with E-state index in [9.17, 15) is 5.11 Å². The third-order valence-electron chi connectivity index (χ3n) is 2.98. The number of nitrogens with one attached hydrogen (secondary N) is 2. The zero-order valence-corrected chi connectivity index (χ0v) is 14.5. The van der Waals surface area contributed by atoms with Crippen molar-refractivity contribution >= 4 is 5.96 Å². The van der Waals surface area contributed by atoms with E-state index < -0.39 is 6.10 Å². The third kappa shape index (κ3) is 7.85. The van der Waals surface area contributed by atoms with Crippen LogP contribution in [0.25, 0.3) is 0 Å². The highest BCUT2D eigenvalue weighted by atomic mass is 16.5. The molecule has 1 unspecified atom stereocenters. The second-order valence-electron chi connectivity index (χ2n) is 5.39. The second kappa shape index (κ2) is 10.9. The maximum atomic E-state index is 10.3. The molecule has 0 saturated carbocycles. The van der Waals surface area contributed by atoms with Gasteiger partial charge in [-0.15, -0.1) is 0 Å². The molecule has 1 atom stereocenters. The van der Waals surface area contributed by atoms with E-state index in [2.05, 4.69) is 15.6 Å². The monoisotopic (exact) mass is 323 g/mol. The summed E-state index contributed by atoms with van der Waals surface area (Å²) >= 11 is 0. The summed E-state index contributed by atoms with van der Waals surface area (Å²) in [4.78, 5) is 4.40. The van der Waals surface area contributed by atoms with E-state index >= 15 is 0 Å². The van der Waals surface area contributed by atoms with Crippen molar-refractivity contribution < 1.29 is 14.6 Å². The summed E-state index contributed by atoms with van der Waals surface area (Å²) in [6.07, 6.45) is -0.575. The number of rotatable bonds is 9. The zero-order chi connectivity index (χ0) is 17.1. The molecule has 6 heteroatoms. The molecular weight excluding hydrogens is 294 g/mol. The molecule has 0 amide bonds. The maximum absolute atomic E-state index is 10.3. The van der Waals surface area contributed by atoms with E-state index in [1.165, 1.54) is 0 Å². The molecule has 0 radical (unpaired) electrons. The molecule has 6 nitrogen and oxygen atoms in total. The van der Waals surface area contributed by atoms with Crippen LogP contribution in [0.1, 0.15) is 32.4 Å². The van der Waals surface area contributed by atoms with E-state index in [4.69, 9.17) is 9.47 Å². The molecule has 0 heterocycles. The Balaban J connectivity index is 2.64. The Bertz CT molecular complexity index is 478. The highest BCUT2D eigenvalue weighted by Gasteiger charge is 2.09. The predicted octanol–water partition coefficient (Wildman–Crippen LogP) is 1.71. The number of hydrogen-bond donors (Lipinski definition) is 3. The number of hydrogen-bond acceptors (Lipinski definition) is 4. The number of benzene rings is 1. The summed E-state index contributed by atoms with van der Waals surface area (Å²) in [6.45, 7) is 8.23. The van der Waals surface area contributed by atoms with Gasteiger partial charge < -0.3 is 25.2 Å². The van der Waals surface area contributed by atoms with E-state index in [0.29, 0.717) is 19.1 Å². The van der Waals surface area contributed by atoms with Crippen LogP contribution < -0.4 is 15.4 Å². The molecule has 130 valence electrons. The predicted molar refractivity (Wildman–Crippen MR) is 93.0 cm³/mol. The Morgan fingerprint density at radius 2 is 2.09 bits per heavy atom. The van der Waals surface area contributed by atoms with Crippen molar-refractivity contribution in [1.82, 2.24) is 10.6 Å². The first-order chi connectivity index (χ1) is 11.1. The Morgan fingerprint density at radius 1 is 1.30 bits per heavy atom. The number of aliphatic hydroxyl groups excluding tert-OH is 1. The Labute approximate surface area is 138 Å². The van der Waals surface area contributed by atoms with Gasteiger partial charge in [0.1, 0.15) is 5.75 Å². The first-order valence-electron chi connectivity index (χ1n) is 8.02. The van der Waals surface area contributed by atoms with Crippen LogP contribution >= 0.6 is 0 Å². The summed E-state index contributed by atoms with van der Waals surface area (Å²) in [5.74, 6) is 1.42. The highest BCUT2D eigenvalue weighted by Crippen LogP contribution is 2.20. The smallest absolute Gasteiger partial charge is 0.191 e. The molecule has 0 aliphatic rings. The molecule has 1 aromatic carbocycles. The highest BCUT2D eigenvalue weighted by molar-refractivity contribution is 5.79. The van der Waals surface area contributed by atoms with Crippen molar-refractivity contribution in [2.24, 2.45) is 4.99 Å². The summed E-state index contributed by atoms with van der Waals surface area (Å²) in [5.41, 5.74) is 0.791. The third-order valence-corrected chi connectivity index (χ3v) is 2.98. The molecule has 0 fully saturated rings. The molecule has 1 rings (SSSR count). The average Bonchev–Trinajstić information content (AvgIpc) is 2.52. The molecule has 3 N–H and O–H groups in total. The van der Waals surface area contributed by atoms with Crippen LogP contribution in [0.5, 0.6) is 5.75 Å². The van der Waals surface area contributed by atoms with Gasteiger partial charge in [-0.05, 0) is 38.5 Å². The number of ether oxygens (including phenoxy) is 2. The SMILES string of the molecule is CCNC(=NCC(O)c1cccc(OC(C)C)c1)NCCOC. The van der Waals surface area contributed by atoms with Gasteiger partial charge in [-0.25, -0.2) is 0 Å². The summed E-state index contributed by atoms with van der Waals surface area (Å²) in [5, 5.41) is 16.6. The topological polar surface area (TPSA) is 75.1 Å². The molecule has 0 aliphatic carbocycles. The minimum atomic E-state index is -0.677. The van der Waals surface area contributed by atoms with Crippen molar-refractivity contribution in [3.63, 3.8) is 0 Å². The van der Waals surface area contributed by atoms with Gasteiger partial charge in [0.2, 0.25) is 0 Å². The lowest BCUT2D eigenvalue weighted by Crippen LogP contribution is -2.39. The lowest BCUT2D eigenvalue weighted by molar-refractivity contribution is 0.185. The van der Waals surface area contributed by atoms with E-state index in [1.807, 2.05) is 45.0 Å². The van der Waals surface area contributed by atoms with Gasteiger partial charge in [-0.3, -0.25) is 4.99 Å². The largest absolute Gasteiger partial charge is 0.491 e. The van der Waals surface area contributed by atoms with Gasteiger partial charge in [0.25, 0.3) is 0 Å². The van der Waals surface area contributed by atoms with Gasteiger partial charge in [0.05, 0.1) is 25.4 Å². The minimum absolute atomic E-state index is 0.103. The first-order valence-corrected chi connectivity index (χ1v) is 8.02. The van der Waals surface area contributed by atoms with Crippen molar-refractivity contribution in [2.75, 3.05) is 33.4 Å². The molecule has 0 spiro atoms. The Kier molecular flexibility index (Phi) is 9.09. The van der Waals surface area contributed by atoms with Crippen LogP contribution in [0.2, 0.25) is 0 Å². The van der Waals surface area contributed by atoms with Crippen LogP contribution in [0.3, 0.4) is 0 Å². The van der Waals surface area contributed by atoms with Crippen LogP contribution in [0.4, 0.5) is 0 Å². The second-order valence-corrected chi connectivity index (χ2v) is 5.39. The number of nitrogens with zero attached hydrogens (tertiary/aromatic N) is 1. The summed E-state index contributed by atoms with van der Waals surface area (Å²) in [6, 6.07) is 7.49. The summed E-state index contributed by atoms with van der Waals surface area (Å²) in [7, 11) is 1.65. The Hall–Kier alpha value is -1.79. The fraction of sp³-hybridized carbons (Fsp3) is 0.588. The van der Waals surface area contributed by atoms with Crippen LogP contribution in [-0.4, -0.2) is 50.5 Å². The fourth-order valence-electron chi connectivity index (χ4n) is 1.96. The molecular formula is C17H29N3O3. The van der Waals surface area contributed by atoms with Crippen LogP contribution in [-0.2, 0) is 4.74 Å². The van der Waals surface area contributed by atoms with Crippen molar-refractivity contribution in [1.29, 1.82) is 0 Å². The fourth-order valence-corrected chi connectivity index (χ4v) is 1.96. The molecule has 0 aromatic heterocycles. The van der Waals surface area contributed by atoms with E-state index in [1.54, 1.807) is 7.11 Å². The van der Waals surface area contributed by atoms with Crippen molar-refractivity contribution in [2.45, 2.75) is 33.0 Å². The van der Waals surface area contributed by atoms with Crippen molar-refractivity contribution in [3.05, 3.63) is 29.8 Å². The maximum Gasteiger partial charge on any atom is 0.191 e. The lowest BCUT2D eigenvalue weighted by Gasteiger charge is -2.15. The molecule has 1 aromatic rings. The molecule has 23 heavy (non-hydrogen) atoms. The normalized spacial score (nSPS) is 13.0. The first kappa shape index (κ1) is 19.3. The number of aliphatic hydroxyl groups is 1. The molecule has 0 bridgehead atoms. The number of guanidine groups is 1. The molecule has 0 saturated heterocycles. The number of aliphatic imine (C=N–C) groups is 1. The van der Waals surface area contributed by atoms with Gasteiger partial charge in [0.15, 0.2) is 5.96 Å². The van der Waals surface area contributed by atoms with Gasteiger partial charge in [0, 0.05) is 20.2 Å². The number of methoxy groups -OCH3 is 1. The summed E-state index contributed by atoms with van der Waals surface area (Å²) < 4.78 is 10.7. The quantitative estimate of drug-likeness (QED) is 0.366. The van der Waals surface area contributed by atoms with Crippen molar-refractivity contribution in [3.8, 4) is 5.75 Å². The zero-order valence-electron chi connectivity index (χ0n) is 14.5. The molecule has 0 aliphatic heterocycles.